The van der Waals surface area contributed by atoms with Crippen LogP contribution in [0, 0.1) is 11.6 Å². The molecule has 2 rings (SSSR count). The lowest BCUT2D eigenvalue weighted by atomic mass is 10.00. The van der Waals surface area contributed by atoms with E-state index < -0.39 is 11.6 Å². The van der Waals surface area contributed by atoms with Gasteiger partial charge in [-0.25, -0.2) is 8.78 Å². The molecule has 2 aromatic carbocycles. The summed E-state index contributed by atoms with van der Waals surface area (Å²) >= 11 is 5.80. The Bertz CT molecular complexity index is 555. The maximum atomic E-state index is 13.1. The second-order valence-corrected chi connectivity index (χ2v) is 4.98. The molecule has 0 fully saturated rings. The summed E-state index contributed by atoms with van der Waals surface area (Å²) in [5.41, 5.74) is 7.78. The monoisotopic (exact) mass is 281 g/mol. The Hall–Kier alpha value is -1.45. The van der Waals surface area contributed by atoms with E-state index in [1.807, 2.05) is 12.1 Å². The molecule has 0 saturated heterocycles. The Labute approximate surface area is 116 Å². The van der Waals surface area contributed by atoms with Crippen LogP contribution in [0.4, 0.5) is 8.78 Å². The van der Waals surface area contributed by atoms with Gasteiger partial charge in [0, 0.05) is 11.1 Å². The normalized spacial score (nSPS) is 12.4. The summed E-state index contributed by atoms with van der Waals surface area (Å²) in [5, 5.41) is 0.679. The third kappa shape index (κ3) is 4.01. The van der Waals surface area contributed by atoms with Crippen molar-refractivity contribution < 1.29 is 8.78 Å². The molecule has 0 radical (unpaired) electrons. The van der Waals surface area contributed by atoms with Crippen molar-refractivity contribution in [2.75, 3.05) is 0 Å². The van der Waals surface area contributed by atoms with E-state index in [4.69, 9.17) is 17.3 Å². The molecule has 1 atom stereocenters. The van der Waals surface area contributed by atoms with E-state index in [9.17, 15) is 8.78 Å². The molecule has 4 heteroatoms. The first-order chi connectivity index (χ1) is 9.04. The van der Waals surface area contributed by atoms with Crippen molar-refractivity contribution >= 4 is 11.6 Å². The minimum atomic E-state index is -0.838. The van der Waals surface area contributed by atoms with Gasteiger partial charge in [0.25, 0.3) is 0 Å². The maximum Gasteiger partial charge on any atom is 0.159 e. The lowest BCUT2D eigenvalue weighted by Crippen LogP contribution is -2.25. The van der Waals surface area contributed by atoms with Gasteiger partial charge in [-0.2, -0.15) is 0 Å². The first-order valence-corrected chi connectivity index (χ1v) is 6.36. The molecule has 0 aliphatic rings. The molecular weight excluding hydrogens is 268 g/mol. The van der Waals surface area contributed by atoms with E-state index in [0.717, 1.165) is 11.6 Å². The number of nitrogens with two attached hydrogens (primary N) is 1. The van der Waals surface area contributed by atoms with Crippen LogP contribution in [0.25, 0.3) is 0 Å². The van der Waals surface area contributed by atoms with E-state index in [0.29, 0.717) is 23.4 Å². The fourth-order valence-electron chi connectivity index (χ4n) is 1.96. The van der Waals surface area contributed by atoms with E-state index >= 15 is 0 Å². The largest absolute Gasteiger partial charge is 0.327 e. The van der Waals surface area contributed by atoms with Gasteiger partial charge in [0.1, 0.15) is 0 Å². The first-order valence-electron chi connectivity index (χ1n) is 5.98. The zero-order valence-corrected chi connectivity index (χ0v) is 11.0. The van der Waals surface area contributed by atoms with Crippen LogP contribution in [0.3, 0.4) is 0 Å². The summed E-state index contributed by atoms with van der Waals surface area (Å²) in [4.78, 5) is 0. The molecule has 0 spiro atoms. The van der Waals surface area contributed by atoms with Gasteiger partial charge in [-0.15, -0.1) is 0 Å². The zero-order valence-electron chi connectivity index (χ0n) is 10.2. The van der Waals surface area contributed by atoms with Gasteiger partial charge in [0.15, 0.2) is 11.6 Å². The highest BCUT2D eigenvalue weighted by Gasteiger charge is 2.08. The standard InChI is InChI=1S/C15H14ClF2N/c16-12-4-1-10(2-5-12)7-13(19)8-11-3-6-14(17)15(18)9-11/h1-6,9,13H,7-8,19H2. The summed E-state index contributed by atoms with van der Waals surface area (Å²) in [6.45, 7) is 0. The molecule has 2 aromatic rings. The van der Waals surface area contributed by atoms with Crippen LogP contribution in [0.1, 0.15) is 11.1 Å². The van der Waals surface area contributed by atoms with Gasteiger partial charge >= 0.3 is 0 Å². The molecule has 1 unspecified atom stereocenters. The van der Waals surface area contributed by atoms with Crippen molar-refractivity contribution in [1.29, 1.82) is 0 Å². The zero-order chi connectivity index (χ0) is 13.8. The molecule has 2 N–H and O–H groups in total. The number of hydrogen-bond donors (Lipinski definition) is 1. The third-order valence-electron chi connectivity index (χ3n) is 2.89. The summed E-state index contributed by atoms with van der Waals surface area (Å²) < 4.78 is 25.9. The first kappa shape index (κ1) is 14.0. The number of benzene rings is 2. The van der Waals surface area contributed by atoms with Gasteiger partial charge in [0.05, 0.1) is 0 Å². The van der Waals surface area contributed by atoms with Crippen molar-refractivity contribution in [2.45, 2.75) is 18.9 Å². The molecule has 0 aromatic heterocycles. The summed E-state index contributed by atoms with van der Waals surface area (Å²) in [6.07, 6.45) is 1.16. The Morgan fingerprint density at radius 1 is 0.895 bits per heavy atom. The molecule has 100 valence electrons. The molecule has 0 aliphatic heterocycles. The Balaban J connectivity index is 1.98. The van der Waals surface area contributed by atoms with Crippen molar-refractivity contribution in [3.8, 4) is 0 Å². The number of rotatable bonds is 4. The van der Waals surface area contributed by atoms with Crippen LogP contribution < -0.4 is 5.73 Å². The van der Waals surface area contributed by atoms with Crippen molar-refractivity contribution in [2.24, 2.45) is 5.73 Å². The molecule has 0 saturated carbocycles. The SMILES string of the molecule is NC(Cc1ccc(Cl)cc1)Cc1ccc(F)c(F)c1. The van der Waals surface area contributed by atoms with E-state index in [2.05, 4.69) is 0 Å². The molecule has 1 nitrogen and oxygen atoms in total. The van der Waals surface area contributed by atoms with Crippen LogP contribution in [-0.4, -0.2) is 6.04 Å². The second-order valence-electron chi connectivity index (χ2n) is 4.54. The van der Waals surface area contributed by atoms with E-state index in [1.165, 1.54) is 6.07 Å². The van der Waals surface area contributed by atoms with Gasteiger partial charge < -0.3 is 5.73 Å². The summed E-state index contributed by atoms with van der Waals surface area (Å²) in [6, 6.07) is 11.2. The fourth-order valence-corrected chi connectivity index (χ4v) is 2.09. The highest BCUT2D eigenvalue weighted by Crippen LogP contribution is 2.14. The van der Waals surface area contributed by atoms with Gasteiger partial charge in [-0.1, -0.05) is 29.8 Å². The van der Waals surface area contributed by atoms with Crippen LogP contribution in [-0.2, 0) is 12.8 Å². The average Bonchev–Trinajstić information content (AvgIpc) is 2.37. The summed E-state index contributed by atoms with van der Waals surface area (Å²) in [7, 11) is 0. The predicted molar refractivity (Wildman–Crippen MR) is 73.2 cm³/mol. The lowest BCUT2D eigenvalue weighted by molar-refractivity contribution is 0.506. The molecule has 19 heavy (non-hydrogen) atoms. The minimum absolute atomic E-state index is 0.147. The molecule has 0 aliphatic carbocycles. The highest BCUT2D eigenvalue weighted by molar-refractivity contribution is 6.30. The highest BCUT2D eigenvalue weighted by atomic mass is 35.5. The molecule has 0 heterocycles. The molecule has 0 bridgehead atoms. The maximum absolute atomic E-state index is 13.1. The second kappa shape index (κ2) is 6.13. The smallest absolute Gasteiger partial charge is 0.159 e. The van der Waals surface area contributed by atoms with Crippen LogP contribution in [0.5, 0.6) is 0 Å². The van der Waals surface area contributed by atoms with Crippen LogP contribution in [0.15, 0.2) is 42.5 Å². The van der Waals surface area contributed by atoms with Crippen molar-refractivity contribution in [3.63, 3.8) is 0 Å². The van der Waals surface area contributed by atoms with Gasteiger partial charge in [-0.05, 0) is 48.2 Å². The van der Waals surface area contributed by atoms with E-state index in [-0.39, 0.29) is 6.04 Å². The van der Waals surface area contributed by atoms with Crippen LogP contribution in [0.2, 0.25) is 5.02 Å². The fraction of sp³-hybridized carbons (Fsp3) is 0.200. The quantitative estimate of drug-likeness (QED) is 0.908. The Kier molecular flexibility index (Phi) is 4.51. The van der Waals surface area contributed by atoms with Crippen molar-refractivity contribution in [1.82, 2.24) is 0 Å². The summed E-state index contributed by atoms with van der Waals surface area (Å²) in [5.74, 6) is -1.67. The van der Waals surface area contributed by atoms with Gasteiger partial charge in [-0.3, -0.25) is 0 Å². The van der Waals surface area contributed by atoms with Crippen molar-refractivity contribution in [3.05, 3.63) is 70.2 Å². The topological polar surface area (TPSA) is 26.0 Å². The molecule has 0 amide bonds. The van der Waals surface area contributed by atoms with Crippen LogP contribution >= 0.6 is 11.6 Å². The van der Waals surface area contributed by atoms with Gasteiger partial charge in [0.2, 0.25) is 0 Å². The van der Waals surface area contributed by atoms with E-state index in [1.54, 1.807) is 18.2 Å². The third-order valence-corrected chi connectivity index (χ3v) is 3.15. The Morgan fingerprint density at radius 2 is 1.47 bits per heavy atom. The Morgan fingerprint density at radius 3 is 2.11 bits per heavy atom. The minimum Gasteiger partial charge on any atom is -0.327 e. The lowest BCUT2D eigenvalue weighted by Gasteiger charge is -2.12. The number of hydrogen-bond acceptors (Lipinski definition) is 1. The predicted octanol–water partition coefficient (Wildman–Crippen LogP) is 3.73. The average molecular weight is 282 g/mol. The number of halogens is 3. The molecular formula is C15H14ClF2N.